The number of carbonyl (C=O) groups excluding carboxylic acids is 1. The normalized spacial score (nSPS) is 15.2. The van der Waals surface area contributed by atoms with Crippen molar-refractivity contribution in [3.05, 3.63) is 96.1 Å². The van der Waals surface area contributed by atoms with Crippen LogP contribution in [-0.4, -0.2) is 40.2 Å². The van der Waals surface area contributed by atoms with Gasteiger partial charge in [0.2, 0.25) is 13.3 Å². The van der Waals surface area contributed by atoms with Crippen molar-refractivity contribution in [3.8, 4) is 11.1 Å². The molecule has 4 atom stereocenters. The number of carbonyl (C=O) groups is 2. The van der Waals surface area contributed by atoms with E-state index < -0.39 is 31.2 Å². The van der Waals surface area contributed by atoms with Gasteiger partial charge in [0.15, 0.2) is 0 Å². The van der Waals surface area contributed by atoms with Crippen molar-refractivity contribution in [2.24, 2.45) is 11.8 Å². The Morgan fingerprint density at radius 1 is 0.865 bits per heavy atom. The Bertz CT molecular complexity index is 1200. The lowest BCUT2D eigenvalue weighted by molar-refractivity contribution is -0.143. The molecule has 0 fully saturated rings. The average molecular weight is 522 g/mol. The number of carboxylic acids is 1. The average Bonchev–Trinajstić information content (AvgIpc) is 2.91. The van der Waals surface area contributed by atoms with E-state index in [4.69, 9.17) is 0 Å². The summed E-state index contributed by atoms with van der Waals surface area (Å²) in [5, 5.41) is 12.3. The zero-order valence-corrected chi connectivity index (χ0v) is 22.3. The van der Waals surface area contributed by atoms with Crippen LogP contribution in [0.2, 0.25) is 0 Å². The summed E-state index contributed by atoms with van der Waals surface area (Å²) in [7, 11) is -3.67. The van der Waals surface area contributed by atoms with E-state index in [2.05, 4.69) is 5.32 Å². The molecular formula is C30H36NO5P. The first-order chi connectivity index (χ1) is 17.7. The lowest BCUT2D eigenvalue weighted by Crippen LogP contribution is -2.48. The highest BCUT2D eigenvalue weighted by Crippen LogP contribution is 2.43. The fourth-order valence-electron chi connectivity index (χ4n) is 4.33. The van der Waals surface area contributed by atoms with Crippen LogP contribution in [0.25, 0.3) is 11.1 Å². The van der Waals surface area contributed by atoms with Crippen LogP contribution in [0, 0.1) is 11.8 Å². The molecule has 0 bridgehead atoms. The monoisotopic (exact) mass is 521 g/mol. The number of hydrogen-bond acceptors (Lipinski definition) is 3. The summed E-state index contributed by atoms with van der Waals surface area (Å²) in [6, 6.07) is 26.1. The molecule has 7 heteroatoms. The van der Waals surface area contributed by atoms with Gasteiger partial charge in [0, 0.05) is 12.3 Å². The molecule has 3 rings (SSSR count). The van der Waals surface area contributed by atoms with Gasteiger partial charge in [0.05, 0.1) is 5.92 Å². The van der Waals surface area contributed by atoms with Gasteiger partial charge in [-0.05, 0) is 41.0 Å². The van der Waals surface area contributed by atoms with E-state index in [-0.39, 0.29) is 24.7 Å². The topological polar surface area (TPSA) is 104 Å². The number of carboxylic acid groups (broad SMARTS) is 1. The summed E-state index contributed by atoms with van der Waals surface area (Å²) in [5.74, 6) is -2.72. The van der Waals surface area contributed by atoms with Crippen molar-refractivity contribution in [3.63, 3.8) is 0 Å². The Labute approximate surface area is 219 Å². The third-order valence-corrected chi connectivity index (χ3v) is 8.72. The molecule has 37 heavy (non-hydrogen) atoms. The highest BCUT2D eigenvalue weighted by Gasteiger charge is 2.33. The summed E-state index contributed by atoms with van der Waals surface area (Å²) in [5.41, 5.74) is 3.90. The zero-order chi connectivity index (χ0) is 26.8. The van der Waals surface area contributed by atoms with E-state index in [1.807, 2.05) is 91.9 Å². The van der Waals surface area contributed by atoms with E-state index in [0.717, 1.165) is 22.3 Å². The number of nitrogens with one attached hydrogen (secondary N) is 1. The molecule has 3 aromatic carbocycles. The maximum Gasteiger partial charge on any atom is 0.326 e. The van der Waals surface area contributed by atoms with E-state index in [9.17, 15) is 24.2 Å². The van der Waals surface area contributed by atoms with Crippen LogP contribution in [0.1, 0.15) is 31.4 Å². The fraction of sp³-hybridized carbons (Fsp3) is 0.333. The van der Waals surface area contributed by atoms with Crippen LogP contribution < -0.4 is 5.32 Å². The van der Waals surface area contributed by atoms with E-state index in [1.165, 1.54) is 0 Å². The second kappa shape index (κ2) is 13.4. The minimum absolute atomic E-state index is 0.0570. The van der Waals surface area contributed by atoms with Gasteiger partial charge in [-0.3, -0.25) is 9.36 Å². The fourth-order valence-corrected chi connectivity index (χ4v) is 6.10. The number of benzene rings is 3. The van der Waals surface area contributed by atoms with Crippen LogP contribution in [0.15, 0.2) is 84.9 Å². The molecule has 0 aromatic heterocycles. The molecule has 2 unspecified atom stereocenters. The standard InChI is InChI=1S/C30H36NO5P/c1-3-22(2)28(30(33)34)31-29(32)27(21-37(35,36)19-18-23-10-6-4-7-11-23)20-24-14-16-26(17-15-24)25-12-8-5-9-13-25/h4-17,22,27-28H,3,18-21H2,1-2H3,(H,31,32)(H,33,34)(H,35,36)/t22?,27-,28+/m1/s1. The van der Waals surface area contributed by atoms with Crippen molar-refractivity contribution in [2.75, 3.05) is 12.3 Å². The molecule has 0 spiro atoms. The summed E-state index contributed by atoms with van der Waals surface area (Å²) in [4.78, 5) is 36.0. The highest BCUT2D eigenvalue weighted by molar-refractivity contribution is 7.58. The van der Waals surface area contributed by atoms with Crippen LogP contribution in [0.4, 0.5) is 0 Å². The van der Waals surface area contributed by atoms with E-state index >= 15 is 0 Å². The third kappa shape index (κ3) is 8.70. The molecule has 0 heterocycles. The second-order valence-corrected chi connectivity index (χ2v) is 12.2. The molecule has 0 radical (unpaired) electrons. The van der Waals surface area contributed by atoms with Gasteiger partial charge >= 0.3 is 5.97 Å². The number of amides is 1. The van der Waals surface area contributed by atoms with Gasteiger partial charge < -0.3 is 15.3 Å². The number of rotatable bonds is 13. The maximum atomic E-state index is 13.3. The van der Waals surface area contributed by atoms with Crippen molar-refractivity contribution >= 4 is 19.2 Å². The first-order valence-electron chi connectivity index (χ1n) is 12.7. The minimum Gasteiger partial charge on any atom is -0.480 e. The third-order valence-electron chi connectivity index (χ3n) is 6.79. The van der Waals surface area contributed by atoms with E-state index in [1.54, 1.807) is 6.92 Å². The molecule has 0 aliphatic rings. The highest BCUT2D eigenvalue weighted by atomic mass is 31.2. The lowest BCUT2D eigenvalue weighted by Gasteiger charge is -2.25. The van der Waals surface area contributed by atoms with Crippen molar-refractivity contribution in [1.29, 1.82) is 0 Å². The molecule has 196 valence electrons. The molecule has 3 N–H and O–H groups in total. The molecule has 0 aliphatic carbocycles. The first kappa shape index (κ1) is 28.4. The predicted molar refractivity (Wildman–Crippen MR) is 148 cm³/mol. The Kier molecular flexibility index (Phi) is 10.2. The second-order valence-electron chi connectivity index (χ2n) is 9.66. The Morgan fingerprint density at radius 2 is 1.43 bits per heavy atom. The maximum absolute atomic E-state index is 13.3. The Balaban J connectivity index is 1.79. The summed E-state index contributed by atoms with van der Waals surface area (Å²) in [6.45, 7) is 3.64. The van der Waals surface area contributed by atoms with E-state index in [0.29, 0.717) is 12.8 Å². The largest absolute Gasteiger partial charge is 0.480 e. The van der Waals surface area contributed by atoms with Crippen molar-refractivity contribution in [2.45, 2.75) is 39.2 Å². The summed E-state index contributed by atoms with van der Waals surface area (Å²) in [6.07, 6.45) is 1.10. The molecule has 3 aromatic rings. The van der Waals surface area contributed by atoms with Gasteiger partial charge in [-0.2, -0.15) is 0 Å². The minimum atomic E-state index is -3.67. The summed E-state index contributed by atoms with van der Waals surface area (Å²) >= 11 is 0. The smallest absolute Gasteiger partial charge is 0.326 e. The predicted octanol–water partition coefficient (Wildman–Crippen LogP) is 5.64. The van der Waals surface area contributed by atoms with Gasteiger partial charge in [-0.15, -0.1) is 0 Å². The molecule has 0 saturated heterocycles. The number of aryl methyl sites for hydroxylation is 1. The lowest BCUT2D eigenvalue weighted by atomic mass is 9.95. The van der Waals surface area contributed by atoms with Crippen molar-refractivity contribution < 1.29 is 24.2 Å². The number of aliphatic carboxylic acids is 1. The number of hydrogen-bond donors (Lipinski definition) is 3. The van der Waals surface area contributed by atoms with Gasteiger partial charge in [-0.25, -0.2) is 4.79 Å². The van der Waals surface area contributed by atoms with Crippen LogP contribution >= 0.6 is 7.37 Å². The Morgan fingerprint density at radius 3 is 2.00 bits per heavy atom. The Hall–Kier alpha value is -3.21. The molecule has 1 amide bonds. The van der Waals surface area contributed by atoms with Crippen LogP contribution in [0.3, 0.4) is 0 Å². The summed E-state index contributed by atoms with van der Waals surface area (Å²) < 4.78 is 13.2. The van der Waals surface area contributed by atoms with Gasteiger partial charge in [0.1, 0.15) is 6.04 Å². The zero-order valence-electron chi connectivity index (χ0n) is 21.4. The van der Waals surface area contributed by atoms with Crippen LogP contribution in [-0.2, 0) is 27.0 Å². The quantitative estimate of drug-likeness (QED) is 0.253. The molecule has 0 aliphatic heterocycles. The van der Waals surface area contributed by atoms with Gasteiger partial charge in [0.25, 0.3) is 0 Å². The molecule has 6 nitrogen and oxygen atoms in total. The SMILES string of the molecule is CCC(C)[C@H](NC(=O)[C@H](Cc1ccc(-c2ccccc2)cc1)CP(=O)(O)CCc1ccccc1)C(=O)O. The molecule has 0 saturated carbocycles. The van der Waals surface area contributed by atoms with Crippen molar-refractivity contribution in [1.82, 2.24) is 5.32 Å². The first-order valence-corrected chi connectivity index (χ1v) is 14.7. The van der Waals surface area contributed by atoms with Gasteiger partial charge in [-0.1, -0.05) is 105 Å². The molecular weight excluding hydrogens is 485 g/mol. The van der Waals surface area contributed by atoms with Crippen LogP contribution in [0.5, 0.6) is 0 Å².